The first-order valence-corrected chi connectivity index (χ1v) is 9.94. The van der Waals surface area contributed by atoms with E-state index >= 15 is 0 Å². The molecule has 4 aromatic rings. The summed E-state index contributed by atoms with van der Waals surface area (Å²) in [5, 5.41) is 4.30. The Morgan fingerprint density at radius 2 is 1.65 bits per heavy atom. The van der Waals surface area contributed by atoms with Gasteiger partial charge in [-0.1, -0.05) is 35.5 Å². The van der Waals surface area contributed by atoms with Gasteiger partial charge < -0.3 is 9.42 Å². The first-order chi connectivity index (χ1) is 15.0. The number of fused-ring (bicyclic) bond motifs is 3. The van der Waals surface area contributed by atoms with Crippen LogP contribution in [0.15, 0.2) is 71.3 Å². The fraction of sp³-hybridized carbons (Fsp3) is 0.120. The van der Waals surface area contributed by atoms with Crippen molar-refractivity contribution in [3.8, 4) is 22.6 Å². The lowest BCUT2D eigenvalue weighted by molar-refractivity contribution is 0.0985. The van der Waals surface area contributed by atoms with Crippen molar-refractivity contribution in [2.24, 2.45) is 0 Å². The first kappa shape index (κ1) is 19.2. The number of rotatable bonds is 3. The summed E-state index contributed by atoms with van der Waals surface area (Å²) in [5.74, 6) is -1.83. The van der Waals surface area contributed by atoms with E-state index in [2.05, 4.69) is 11.2 Å². The molecule has 0 unspecified atom stereocenters. The Morgan fingerprint density at radius 1 is 0.935 bits per heavy atom. The second-order valence-electron chi connectivity index (χ2n) is 7.50. The van der Waals surface area contributed by atoms with Crippen LogP contribution >= 0.6 is 0 Å². The summed E-state index contributed by atoms with van der Waals surface area (Å²) in [5.41, 5.74) is 5.04. The van der Waals surface area contributed by atoms with Gasteiger partial charge in [-0.05, 0) is 54.8 Å². The third-order valence-corrected chi connectivity index (χ3v) is 5.70. The van der Waals surface area contributed by atoms with Gasteiger partial charge in [0.25, 0.3) is 5.91 Å². The minimum Gasteiger partial charge on any atom is -0.355 e. The molecule has 6 heteroatoms. The zero-order chi connectivity index (χ0) is 21.5. The molecule has 1 amide bonds. The quantitative estimate of drug-likeness (QED) is 0.433. The van der Waals surface area contributed by atoms with Crippen molar-refractivity contribution in [3.05, 3.63) is 95.1 Å². The van der Waals surface area contributed by atoms with E-state index in [-0.39, 0.29) is 0 Å². The van der Waals surface area contributed by atoms with Crippen LogP contribution in [0.4, 0.5) is 14.5 Å². The summed E-state index contributed by atoms with van der Waals surface area (Å²) in [4.78, 5) is 13.8. The smallest absolute Gasteiger partial charge is 0.263 e. The largest absolute Gasteiger partial charge is 0.355 e. The number of anilines is 1. The van der Waals surface area contributed by atoms with Crippen molar-refractivity contribution in [2.45, 2.75) is 12.8 Å². The van der Waals surface area contributed by atoms with Gasteiger partial charge in [0.15, 0.2) is 5.76 Å². The number of aromatic nitrogens is 1. The maximum Gasteiger partial charge on any atom is 0.263 e. The van der Waals surface area contributed by atoms with E-state index in [1.165, 1.54) is 23.6 Å². The van der Waals surface area contributed by atoms with Crippen LogP contribution in [-0.4, -0.2) is 18.1 Å². The highest BCUT2D eigenvalue weighted by atomic mass is 19.1. The monoisotopic (exact) mass is 416 g/mol. The first-order valence-electron chi connectivity index (χ1n) is 9.94. The Hall–Kier alpha value is -3.80. The normalized spacial score (nSPS) is 12.2. The molecular weight excluding hydrogens is 398 g/mol. The van der Waals surface area contributed by atoms with Crippen molar-refractivity contribution in [1.29, 1.82) is 0 Å². The summed E-state index contributed by atoms with van der Waals surface area (Å²) < 4.78 is 33.7. The Balaban J connectivity index is 1.44. The lowest BCUT2D eigenvalue weighted by Crippen LogP contribution is -2.28. The van der Waals surface area contributed by atoms with Gasteiger partial charge in [-0.25, -0.2) is 8.78 Å². The number of hydrogen-bond acceptors (Lipinski definition) is 3. The van der Waals surface area contributed by atoms with Crippen molar-refractivity contribution in [2.75, 3.05) is 11.9 Å². The Bertz CT molecular complexity index is 1280. The third kappa shape index (κ3) is 3.20. The zero-order valence-electron chi connectivity index (χ0n) is 16.7. The van der Waals surface area contributed by atoms with Gasteiger partial charge in [-0.2, -0.15) is 0 Å². The number of carbonyl (C=O) groups excluding carboxylic acids is 1. The summed E-state index contributed by atoms with van der Waals surface area (Å²) >= 11 is 0. The number of benzene rings is 3. The average molecular weight is 416 g/mol. The van der Waals surface area contributed by atoms with E-state index in [9.17, 15) is 13.6 Å². The summed E-state index contributed by atoms with van der Waals surface area (Å²) in [6, 6.07) is 18.6. The molecule has 0 saturated carbocycles. The fourth-order valence-electron chi connectivity index (χ4n) is 4.03. The van der Waals surface area contributed by atoms with Crippen molar-refractivity contribution in [1.82, 2.24) is 5.16 Å². The average Bonchev–Trinajstić information content (AvgIpc) is 3.23. The summed E-state index contributed by atoms with van der Waals surface area (Å²) in [7, 11) is 1.48. The molecule has 31 heavy (non-hydrogen) atoms. The number of carbonyl (C=O) groups is 1. The molecule has 0 fully saturated rings. The Morgan fingerprint density at radius 3 is 2.39 bits per heavy atom. The lowest BCUT2D eigenvalue weighted by atomic mass is 9.88. The molecule has 0 aliphatic heterocycles. The predicted octanol–water partition coefficient (Wildman–Crippen LogP) is 5.66. The van der Waals surface area contributed by atoms with Gasteiger partial charge in [-0.15, -0.1) is 0 Å². The summed E-state index contributed by atoms with van der Waals surface area (Å²) in [6.45, 7) is 0. The topological polar surface area (TPSA) is 46.3 Å². The lowest BCUT2D eigenvalue weighted by Gasteiger charge is -2.18. The number of hydrogen-bond donors (Lipinski definition) is 0. The molecule has 1 aliphatic carbocycles. The van der Waals surface area contributed by atoms with Gasteiger partial charge >= 0.3 is 0 Å². The standard InChI is InChI=1S/C25H18F2N2O2/c1-29(25(30)22-20(26)7-4-8-21(22)27)17-12-9-16(10-13-17)24-19-14-11-15-5-2-3-6-18(15)23(19)28-31-24/h2-10,12-13H,11,14H2,1H3. The maximum atomic E-state index is 14.0. The second-order valence-corrected chi connectivity index (χ2v) is 7.50. The van der Waals surface area contributed by atoms with Crippen molar-refractivity contribution < 1.29 is 18.1 Å². The molecule has 0 N–H and O–H groups in total. The number of aryl methyl sites for hydroxylation is 1. The second kappa shape index (κ2) is 7.47. The van der Waals surface area contributed by atoms with Crippen molar-refractivity contribution >= 4 is 11.6 Å². The number of halogens is 2. The van der Waals surface area contributed by atoms with Crippen LogP contribution in [0.5, 0.6) is 0 Å². The highest BCUT2D eigenvalue weighted by Gasteiger charge is 2.25. The molecule has 0 spiro atoms. The van der Waals surface area contributed by atoms with Crippen LogP contribution in [0.2, 0.25) is 0 Å². The molecule has 3 aromatic carbocycles. The zero-order valence-corrected chi connectivity index (χ0v) is 16.7. The molecule has 0 atom stereocenters. The SMILES string of the molecule is CN(C(=O)c1c(F)cccc1F)c1ccc(-c2onc3c2CCc2ccccc2-3)cc1. The van der Waals surface area contributed by atoms with Crippen LogP contribution < -0.4 is 4.90 Å². The predicted molar refractivity (Wildman–Crippen MR) is 114 cm³/mol. The third-order valence-electron chi connectivity index (χ3n) is 5.70. The minimum absolute atomic E-state index is 0.509. The van der Waals surface area contributed by atoms with Crippen LogP contribution in [-0.2, 0) is 12.8 Å². The van der Waals surface area contributed by atoms with E-state index < -0.39 is 23.1 Å². The van der Waals surface area contributed by atoms with Gasteiger partial charge in [0.2, 0.25) is 0 Å². The van der Waals surface area contributed by atoms with Crippen LogP contribution in [0, 0.1) is 11.6 Å². The molecule has 4 nitrogen and oxygen atoms in total. The van der Waals surface area contributed by atoms with Crippen LogP contribution in [0.3, 0.4) is 0 Å². The van der Waals surface area contributed by atoms with E-state index in [1.54, 1.807) is 12.1 Å². The highest BCUT2D eigenvalue weighted by Crippen LogP contribution is 2.38. The maximum absolute atomic E-state index is 14.0. The molecule has 0 saturated heterocycles. The number of amides is 1. The summed E-state index contributed by atoms with van der Waals surface area (Å²) in [6.07, 6.45) is 1.75. The molecular formula is C25H18F2N2O2. The van der Waals surface area contributed by atoms with Crippen LogP contribution in [0.1, 0.15) is 21.5 Å². The van der Waals surface area contributed by atoms with Gasteiger partial charge in [0.05, 0.1) is 0 Å². The highest BCUT2D eigenvalue weighted by molar-refractivity contribution is 6.06. The van der Waals surface area contributed by atoms with Gasteiger partial charge in [0, 0.05) is 29.4 Å². The van der Waals surface area contributed by atoms with E-state index in [0.29, 0.717) is 11.4 Å². The minimum atomic E-state index is -0.887. The molecule has 154 valence electrons. The molecule has 1 aliphatic rings. The molecule has 5 rings (SSSR count). The molecule has 0 bridgehead atoms. The van der Waals surface area contributed by atoms with Gasteiger partial charge in [0.1, 0.15) is 22.9 Å². The van der Waals surface area contributed by atoms with Crippen LogP contribution in [0.25, 0.3) is 22.6 Å². The Labute approximate surface area is 177 Å². The number of nitrogens with zero attached hydrogens (tertiary/aromatic N) is 2. The molecule has 1 heterocycles. The van der Waals surface area contributed by atoms with E-state index in [1.807, 2.05) is 30.3 Å². The van der Waals surface area contributed by atoms with Crippen molar-refractivity contribution in [3.63, 3.8) is 0 Å². The van der Waals surface area contributed by atoms with Gasteiger partial charge in [-0.3, -0.25) is 4.79 Å². The fourth-order valence-corrected chi connectivity index (χ4v) is 4.03. The van der Waals surface area contributed by atoms with E-state index in [0.717, 1.165) is 47.4 Å². The van der Waals surface area contributed by atoms with E-state index in [4.69, 9.17) is 4.52 Å². The Kier molecular flexibility index (Phi) is 4.62. The molecule has 1 aromatic heterocycles. The molecule has 0 radical (unpaired) electrons.